The molecule has 0 N–H and O–H groups in total. The summed E-state index contributed by atoms with van der Waals surface area (Å²) in [6, 6.07) is 20.8. The molecule has 0 aromatic heterocycles. The summed E-state index contributed by atoms with van der Waals surface area (Å²) in [4.78, 5) is 5.44. The molecule has 4 rings (SSSR count). The zero-order valence-electron chi connectivity index (χ0n) is 16.9. The molecule has 0 unspecified atom stereocenters. The van der Waals surface area contributed by atoms with Gasteiger partial charge >= 0.3 is 0 Å². The Morgan fingerprint density at radius 2 is 1.50 bits per heavy atom. The number of fused-ring (bicyclic) bond motifs is 3. The molecule has 2 aromatic carbocycles. The average Bonchev–Trinajstić information content (AvgIpc) is 2.71. The van der Waals surface area contributed by atoms with Crippen LogP contribution in [-0.4, -0.2) is 42.5 Å². The highest BCUT2D eigenvalue weighted by atomic mass is 35.5. The molecule has 0 saturated carbocycles. The predicted molar refractivity (Wildman–Crippen MR) is 124 cm³/mol. The molecule has 0 bridgehead atoms. The van der Waals surface area contributed by atoms with E-state index in [2.05, 4.69) is 71.3 Å². The quantitative estimate of drug-likeness (QED) is 0.535. The highest BCUT2D eigenvalue weighted by Crippen LogP contribution is 2.40. The smallest absolute Gasteiger partial charge is 0.0479 e. The van der Waals surface area contributed by atoms with Gasteiger partial charge in [0.2, 0.25) is 0 Å². The monoisotopic (exact) mass is 420 g/mol. The predicted octanol–water partition coefficient (Wildman–Crippen LogP) is 5.91. The van der Waals surface area contributed by atoms with E-state index in [0.29, 0.717) is 12.0 Å². The summed E-state index contributed by atoms with van der Waals surface area (Å²) in [5.41, 5.74) is 4.57. The zero-order valence-corrected chi connectivity index (χ0v) is 18.6. The van der Waals surface area contributed by atoms with Crippen molar-refractivity contribution in [2.45, 2.75) is 44.6 Å². The van der Waals surface area contributed by atoms with Crippen molar-refractivity contribution in [2.24, 2.45) is 0 Å². The van der Waals surface area contributed by atoms with Gasteiger partial charge in [-0.3, -0.25) is 4.90 Å². The van der Waals surface area contributed by atoms with Gasteiger partial charge in [0.25, 0.3) is 0 Å². The van der Waals surface area contributed by atoms with Crippen LogP contribution in [0.2, 0.25) is 0 Å². The van der Waals surface area contributed by atoms with E-state index in [1.54, 1.807) is 11.1 Å². The molecule has 0 amide bonds. The minimum Gasteiger partial charge on any atom is -0.300 e. The minimum absolute atomic E-state index is 0. The van der Waals surface area contributed by atoms with Gasteiger partial charge in [-0.15, -0.1) is 24.8 Å². The maximum absolute atomic E-state index is 2.74. The van der Waals surface area contributed by atoms with Crippen molar-refractivity contribution >= 4 is 24.8 Å². The highest BCUT2D eigenvalue weighted by molar-refractivity contribution is 5.85. The van der Waals surface area contributed by atoms with Crippen LogP contribution < -0.4 is 0 Å². The maximum Gasteiger partial charge on any atom is 0.0479 e. The molecule has 28 heavy (non-hydrogen) atoms. The van der Waals surface area contributed by atoms with Crippen molar-refractivity contribution in [1.29, 1.82) is 0 Å². The Morgan fingerprint density at radius 1 is 0.786 bits per heavy atom. The fourth-order valence-corrected chi connectivity index (χ4v) is 4.79. The lowest BCUT2D eigenvalue weighted by atomic mass is 9.80. The van der Waals surface area contributed by atoms with Crippen molar-refractivity contribution in [3.8, 4) is 0 Å². The minimum atomic E-state index is 0. The van der Waals surface area contributed by atoms with Gasteiger partial charge in [0.05, 0.1) is 0 Å². The second-order valence-electron chi connectivity index (χ2n) is 7.96. The molecule has 2 atom stereocenters. The Morgan fingerprint density at radius 3 is 2.25 bits per heavy atom. The lowest BCUT2D eigenvalue weighted by Gasteiger charge is -2.47. The number of hydrogen-bond donors (Lipinski definition) is 0. The fraction of sp³-hybridized carbons (Fsp3) is 0.500. The SMILES string of the molecule is CCCCCCN1CCN2C[C@@H](c3ccccc3)c3ccccc3[C@H]2C1.Cl.Cl. The van der Waals surface area contributed by atoms with Gasteiger partial charge in [-0.05, 0) is 29.7 Å². The van der Waals surface area contributed by atoms with Crippen LogP contribution in [0.5, 0.6) is 0 Å². The average molecular weight is 421 g/mol. The summed E-state index contributed by atoms with van der Waals surface area (Å²) in [5.74, 6) is 0.514. The van der Waals surface area contributed by atoms with E-state index in [1.165, 1.54) is 57.4 Å². The Labute approximate surface area is 183 Å². The Hall–Kier alpha value is -1.06. The molecule has 0 radical (unpaired) electrons. The molecule has 2 aliphatic rings. The van der Waals surface area contributed by atoms with Gasteiger partial charge in [0, 0.05) is 38.1 Å². The largest absolute Gasteiger partial charge is 0.300 e. The van der Waals surface area contributed by atoms with Crippen LogP contribution in [0.25, 0.3) is 0 Å². The Balaban J connectivity index is 0.00000140. The van der Waals surface area contributed by atoms with E-state index < -0.39 is 0 Å². The number of rotatable bonds is 6. The van der Waals surface area contributed by atoms with Crippen LogP contribution >= 0.6 is 24.8 Å². The van der Waals surface area contributed by atoms with Crippen LogP contribution in [0.1, 0.15) is 61.3 Å². The number of nitrogens with zero attached hydrogens (tertiary/aromatic N) is 2. The number of unbranched alkanes of at least 4 members (excludes halogenated alkanes) is 3. The normalized spacial score (nSPS) is 21.8. The summed E-state index contributed by atoms with van der Waals surface area (Å²) in [5, 5.41) is 0. The van der Waals surface area contributed by atoms with Gasteiger partial charge < -0.3 is 4.90 Å². The summed E-state index contributed by atoms with van der Waals surface area (Å²) in [7, 11) is 0. The molecule has 4 heteroatoms. The molecule has 2 nitrogen and oxygen atoms in total. The van der Waals surface area contributed by atoms with Gasteiger partial charge in [0.1, 0.15) is 0 Å². The first-order valence-corrected chi connectivity index (χ1v) is 10.5. The molecule has 0 aliphatic carbocycles. The molecule has 2 aliphatic heterocycles. The molecule has 2 aromatic rings. The first-order valence-electron chi connectivity index (χ1n) is 10.5. The topological polar surface area (TPSA) is 6.48 Å². The van der Waals surface area contributed by atoms with Crippen LogP contribution in [0.4, 0.5) is 0 Å². The van der Waals surface area contributed by atoms with Crippen molar-refractivity contribution in [2.75, 3.05) is 32.7 Å². The lowest BCUT2D eigenvalue weighted by Crippen LogP contribution is -2.51. The van der Waals surface area contributed by atoms with E-state index in [9.17, 15) is 0 Å². The second-order valence-corrected chi connectivity index (χ2v) is 7.96. The molecular formula is C24H34Cl2N2. The van der Waals surface area contributed by atoms with E-state index in [1.807, 2.05) is 0 Å². The summed E-state index contributed by atoms with van der Waals surface area (Å²) in [6.07, 6.45) is 5.44. The molecule has 154 valence electrons. The molecule has 2 heterocycles. The van der Waals surface area contributed by atoms with Crippen LogP contribution in [-0.2, 0) is 0 Å². The van der Waals surface area contributed by atoms with Gasteiger partial charge in [-0.2, -0.15) is 0 Å². The van der Waals surface area contributed by atoms with E-state index in [-0.39, 0.29) is 24.8 Å². The first-order chi connectivity index (χ1) is 12.9. The summed E-state index contributed by atoms with van der Waals surface area (Å²) >= 11 is 0. The Kier molecular flexibility index (Phi) is 9.30. The van der Waals surface area contributed by atoms with Crippen molar-refractivity contribution < 1.29 is 0 Å². The van der Waals surface area contributed by atoms with Crippen LogP contribution in [0.15, 0.2) is 54.6 Å². The first kappa shape index (κ1) is 23.2. The molecule has 0 spiro atoms. The highest BCUT2D eigenvalue weighted by Gasteiger charge is 2.36. The molecule has 1 saturated heterocycles. The number of benzene rings is 2. The number of halogens is 2. The third-order valence-electron chi connectivity index (χ3n) is 6.25. The van der Waals surface area contributed by atoms with Crippen LogP contribution in [0.3, 0.4) is 0 Å². The Bertz CT molecular complexity index is 707. The fourth-order valence-electron chi connectivity index (χ4n) is 4.79. The van der Waals surface area contributed by atoms with E-state index in [0.717, 1.165) is 6.54 Å². The third-order valence-corrected chi connectivity index (χ3v) is 6.25. The maximum atomic E-state index is 2.74. The van der Waals surface area contributed by atoms with E-state index >= 15 is 0 Å². The van der Waals surface area contributed by atoms with Gasteiger partial charge in [0.15, 0.2) is 0 Å². The van der Waals surface area contributed by atoms with Crippen molar-refractivity contribution in [3.63, 3.8) is 0 Å². The lowest BCUT2D eigenvalue weighted by molar-refractivity contribution is 0.0617. The van der Waals surface area contributed by atoms with Gasteiger partial charge in [-0.1, -0.05) is 80.8 Å². The zero-order chi connectivity index (χ0) is 17.8. The van der Waals surface area contributed by atoms with Crippen molar-refractivity contribution in [3.05, 3.63) is 71.3 Å². The summed E-state index contributed by atoms with van der Waals surface area (Å²) < 4.78 is 0. The number of piperazine rings is 1. The molecule has 1 fully saturated rings. The van der Waals surface area contributed by atoms with Crippen LogP contribution in [0, 0.1) is 0 Å². The standard InChI is InChI=1S/C24H32N2.2ClH/c1-2-3-4-10-15-25-16-17-26-18-23(20-11-6-5-7-12-20)21-13-8-9-14-22(21)24(26)19-25;;/h5-9,11-14,23-24H,2-4,10,15-19H2,1H3;2*1H/t23-,24+;;/m0../s1. The summed E-state index contributed by atoms with van der Waals surface area (Å²) in [6.45, 7) is 8.36. The van der Waals surface area contributed by atoms with Crippen molar-refractivity contribution in [1.82, 2.24) is 9.80 Å². The van der Waals surface area contributed by atoms with E-state index in [4.69, 9.17) is 0 Å². The molecular weight excluding hydrogens is 387 g/mol. The second kappa shape index (κ2) is 11.2. The van der Waals surface area contributed by atoms with Gasteiger partial charge in [-0.25, -0.2) is 0 Å². The number of hydrogen-bond acceptors (Lipinski definition) is 2. The third kappa shape index (κ3) is 5.10.